The SMILES string of the molecule is CC.COC(=O)C1C2CCC(C2)C1Nc1nc(Nc2ccc(N3CCN(C)CC3)c(C)c2)ncc1F. The van der Waals surface area contributed by atoms with E-state index in [4.69, 9.17) is 4.74 Å². The molecular weight excluding hydrogens is 459 g/mol. The molecule has 4 atom stereocenters. The summed E-state index contributed by atoms with van der Waals surface area (Å²) in [4.78, 5) is 25.7. The summed E-state index contributed by atoms with van der Waals surface area (Å²) in [5.41, 5.74) is 3.24. The fourth-order valence-electron chi connectivity index (χ4n) is 5.93. The van der Waals surface area contributed by atoms with Gasteiger partial charge in [-0.25, -0.2) is 9.37 Å². The lowest BCUT2D eigenvalue weighted by atomic mass is 9.84. The number of rotatable bonds is 6. The summed E-state index contributed by atoms with van der Waals surface area (Å²) in [6, 6.07) is 6.01. The van der Waals surface area contributed by atoms with Gasteiger partial charge in [0.15, 0.2) is 11.6 Å². The molecule has 4 unspecified atom stereocenters. The van der Waals surface area contributed by atoms with Crippen molar-refractivity contribution in [3.8, 4) is 0 Å². The molecule has 36 heavy (non-hydrogen) atoms. The highest BCUT2D eigenvalue weighted by atomic mass is 19.1. The number of carbonyl (C=O) groups is 1. The Morgan fingerprint density at radius 2 is 1.86 bits per heavy atom. The Bertz CT molecular complexity index is 1060. The highest BCUT2D eigenvalue weighted by Gasteiger charge is 2.51. The number of nitrogens with one attached hydrogen (secondary N) is 2. The second-order valence-corrected chi connectivity index (χ2v) is 9.86. The van der Waals surface area contributed by atoms with E-state index in [1.807, 2.05) is 19.9 Å². The molecule has 0 spiro atoms. The number of nitrogens with zero attached hydrogens (tertiary/aromatic N) is 4. The normalized spacial score (nSPS) is 25.2. The van der Waals surface area contributed by atoms with Gasteiger partial charge in [0.2, 0.25) is 5.95 Å². The molecule has 2 N–H and O–H groups in total. The molecule has 1 aliphatic heterocycles. The number of likely N-dealkylation sites (N-methyl/N-ethyl adjacent to an activating group) is 1. The van der Waals surface area contributed by atoms with Crippen LogP contribution in [0.3, 0.4) is 0 Å². The average molecular weight is 499 g/mol. The van der Waals surface area contributed by atoms with E-state index in [1.54, 1.807) is 0 Å². The summed E-state index contributed by atoms with van der Waals surface area (Å²) in [5.74, 6) is 0.0262. The maximum atomic E-state index is 14.6. The van der Waals surface area contributed by atoms with Crippen LogP contribution in [-0.2, 0) is 9.53 Å². The third-order valence-electron chi connectivity index (χ3n) is 7.73. The van der Waals surface area contributed by atoms with Gasteiger partial charge in [-0.3, -0.25) is 4.79 Å². The third-order valence-corrected chi connectivity index (χ3v) is 7.73. The lowest BCUT2D eigenvalue weighted by Crippen LogP contribution is -2.44. The summed E-state index contributed by atoms with van der Waals surface area (Å²) in [5, 5.41) is 6.43. The number of hydrogen-bond acceptors (Lipinski definition) is 8. The van der Waals surface area contributed by atoms with Crippen molar-refractivity contribution in [2.45, 2.75) is 46.1 Å². The van der Waals surface area contributed by atoms with Crippen LogP contribution in [0.25, 0.3) is 0 Å². The molecule has 0 radical (unpaired) electrons. The zero-order chi connectivity index (χ0) is 25.8. The second kappa shape index (κ2) is 11.4. The highest BCUT2D eigenvalue weighted by Crippen LogP contribution is 2.50. The minimum absolute atomic E-state index is 0.120. The first-order chi connectivity index (χ1) is 17.4. The minimum atomic E-state index is -0.529. The van der Waals surface area contributed by atoms with Crippen LogP contribution in [0, 0.1) is 30.5 Å². The van der Waals surface area contributed by atoms with Crippen LogP contribution in [-0.4, -0.2) is 67.2 Å². The quantitative estimate of drug-likeness (QED) is 0.566. The molecule has 2 saturated carbocycles. The van der Waals surface area contributed by atoms with Gasteiger partial charge in [-0.15, -0.1) is 0 Å². The number of esters is 1. The number of fused-ring (bicyclic) bond motifs is 2. The lowest BCUT2D eigenvalue weighted by molar-refractivity contribution is -0.147. The number of benzene rings is 1. The molecule has 2 aliphatic carbocycles. The molecule has 2 bridgehead atoms. The van der Waals surface area contributed by atoms with Crippen molar-refractivity contribution in [2.24, 2.45) is 17.8 Å². The number of carbonyl (C=O) groups excluding carboxylic acids is 1. The van der Waals surface area contributed by atoms with E-state index in [9.17, 15) is 9.18 Å². The monoisotopic (exact) mass is 498 g/mol. The molecule has 1 aromatic heterocycles. The van der Waals surface area contributed by atoms with Crippen LogP contribution in [0.5, 0.6) is 0 Å². The van der Waals surface area contributed by atoms with Crippen molar-refractivity contribution >= 4 is 29.1 Å². The Morgan fingerprint density at radius 1 is 1.14 bits per heavy atom. The first kappa shape index (κ1) is 26.1. The number of ether oxygens (including phenoxy) is 1. The maximum Gasteiger partial charge on any atom is 0.311 e. The summed E-state index contributed by atoms with van der Waals surface area (Å²) in [6.07, 6.45) is 4.19. The number of hydrogen-bond donors (Lipinski definition) is 2. The van der Waals surface area contributed by atoms with Gasteiger partial charge in [0.25, 0.3) is 0 Å². The molecule has 1 saturated heterocycles. The van der Waals surface area contributed by atoms with E-state index in [1.165, 1.54) is 19.0 Å². The Labute approximate surface area is 213 Å². The third kappa shape index (κ3) is 5.40. The molecule has 3 fully saturated rings. The second-order valence-electron chi connectivity index (χ2n) is 9.86. The van der Waals surface area contributed by atoms with Gasteiger partial charge in [-0.2, -0.15) is 4.98 Å². The van der Waals surface area contributed by atoms with Crippen molar-refractivity contribution in [1.82, 2.24) is 14.9 Å². The van der Waals surface area contributed by atoms with Crippen LogP contribution in [0.1, 0.15) is 38.7 Å². The maximum absolute atomic E-state index is 14.6. The van der Waals surface area contributed by atoms with Gasteiger partial charge in [0.1, 0.15) is 0 Å². The molecule has 5 rings (SSSR count). The number of aromatic nitrogens is 2. The van der Waals surface area contributed by atoms with Crippen molar-refractivity contribution in [3.63, 3.8) is 0 Å². The molecular formula is C27H39FN6O2. The van der Waals surface area contributed by atoms with Gasteiger partial charge in [0.05, 0.1) is 19.2 Å². The fourth-order valence-corrected chi connectivity index (χ4v) is 5.93. The first-order valence-electron chi connectivity index (χ1n) is 13.1. The van der Waals surface area contributed by atoms with Crippen LogP contribution in [0.2, 0.25) is 0 Å². The molecule has 2 heterocycles. The molecule has 1 aromatic carbocycles. The van der Waals surface area contributed by atoms with E-state index >= 15 is 0 Å². The van der Waals surface area contributed by atoms with Crippen molar-refractivity contribution in [1.29, 1.82) is 0 Å². The topological polar surface area (TPSA) is 82.6 Å². The Balaban J connectivity index is 0.00000148. The van der Waals surface area contributed by atoms with Crippen LogP contribution in [0.4, 0.5) is 27.5 Å². The number of methoxy groups -OCH3 is 1. The minimum Gasteiger partial charge on any atom is -0.469 e. The van der Waals surface area contributed by atoms with E-state index in [0.717, 1.165) is 56.7 Å². The van der Waals surface area contributed by atoms with E-state index in [-0.39, 0.29) is 23.7 Å². The molecule has 2 aromatic rings. The summed E-state index contributed by atoms with van der Waals surface area (Å²) < 4.78 is 19.7. The highest BCUT2D eigenvalue weighted by molar-refractivity contribution is 5.75. The predicted octanol–water partition coefficient (Wildman–Crippen LogP) is 4.45. The number of aryl methyl sites for hydroxylation is 1. The van der Waals surface area contributed by atoms with Crippen molar-refractivity contribution in [2.75, 3.05) is 55.9 Å². The fraction of sp³-hybridized carbons (Fsp3) is 0.593. The van der Waals surface area contributed by atoms with Crippen molar-refractivity contribution < 1.29 is 13.9 Å². The molecule has 0 amide bonds. The van der Waals surface area contributed by atoms with E-state index in [0.29, 0.717) is 17.8 Å². The molecule has 196 valence electrons. The molecule has 3 aliphatic rings. The van der Waals surface area contributed by atoms with Crippen LogP contribution >= 0.6 is 0 Å². The first-order valence-corrected chi connectivity index (χ1v) is 13.1. The van der Waals surface area contributed by atoms with E-state index < -0.39 is 5.82 Å². The number of anilines is 4. The molecule has 8 nitrogen and oxygen atoms in total. The van der Waals surface area contributed by atoms with Gasteiger partial charge in [-0.05, 0) is 68.8 Å². The Hall–Kier alpha value is -2.94. The summed E-state index contributed by atoms with van der Waals surface area (Å²) in [6.45, 7) is 10.2. The lowest BCUT2D eigenvalue weighted by Gasteiger charge is -2.35. The van der Waals surface area contributed by atoms with Crippen molar-refractivity contribution in [3.05, 3.63) is 35.8 Å². The number of halogens is 1. The zero-order valence-electron chi connectivity index (χ0n) is 22.1. The standard InChI is InChI=1S/C25H33FN6O2.C2H6/c1-15-12-18(6-7-20(15)32-10-8-31(2)9-11-32)28-25-27-14-19(26)23(30-25)29-22-17-5-4-16(13-17)21(22)24(33)34-3;1-2/h6-7,12,14,16-17,21-22H,4-5,8-11,13H2,1-3H3,(H2,27,28,29,30);1-2H3. The van der Waals surface area contributed by atoms with Gasteiger partial charge >= 0.3 is 5.97 Å². The summed E-state index contributed by atoms with van der Waals surface area (Å²) in [7, 11) is 3.56. The Kier molecular flexibility index (Phi) is 8.28. The Morgan fingerprint density at radius 3 is 2.56 bits per heavy atom. The van der Waals surface area contributed by atoms with Gasteiger partial charge in [0, 0.05) is 43.6 Å². The summed E-state index contributed by atoms with van der Waals surface area (Å²) >= 11 is 0. The van der Waals surface area contributed by atoms with Gasteiger partial charge < -0.3 is 25.2 Å². The zero-order valence-corrected chi connectivity index (χ0v) is 22.1. The van der Waals surface area contributed by atoms with Gasteiger partial charge in [-0.1, -0.05) is 13.8 Å². The largest absolute Gasteiger partial charge is 0.469 e. The number of piperazine rings is 1. The predicted molar refractivity (Wildman–Crippen MR) is 141 cm³/mol. The van der Waals surface area contributed by atoms with Crippen LogP contribution in [0.15, 0.2) is 24.4 Å². The smallest absolute Gasteiger partial charge is 0.311 e. The van der Waals surface area contributed by atoms with E-state index in [2.05, 4.69) is 56.5 Å². The van der Waals surface area contributed by atoms with Crippen LogP contribution < -0.4 is 15.5 Å². The molecule has 9 heteroatoms. The average Bonchev–Trinajstić information content (AvgIpc) is 3.50.